The maximum absolute atomic E-state index is 12.4. The summed E-state index contributed by atoms with van der Waals surface area (Å²) in [6.45, 7) is 5.03. The minimum Gasteiger partial charge on any atom is -0.481 e. The van der Waals surface area contributed by atoms with Crippen molar-refractivity contribution in [1.82, 2.24) is 10.3 Å². The van der Waals surface area contributed by atoms with Crippen LogP contribution in [0.2, 0.25) is 0 Å². The predicted molar refractivity (Wildman–Crippen MR) is 115 cm³/mol. The highest BCUT2D eigenvalue weighted by Gasteiger charge is 2.20. The molecule has 0 bridgehead atoms. The van der Waals surface area contributed by atoms with Crippen molar-refractivity contribution in [2.75, 3.05) is 25.1 Å². The number of carbonyl (C=O) groups excluding carboxylic acids is 1. The first-order chi connectivity index (χ1) is 14.0. The van der Waals surface area contributed by atoms with Gasteiger partial charge in [-0.15, -0.1) is 11.3 Å². The lowest BCUT2D eigenvalue weighted by atomic mass is 10.1. The van der Waals surface area contributed by atoms with Crippen molar-refractivity contribution in [3.05, 3.63) is 34.7 Å². The highest BCUT2D eigenvalue weighted by Crippen LogP contribution is 2.30. The summed E-state index contributed by atoms with van der Waals surface area (Å²) in [4.78, 5) is 29.6. The van der Waals surface area contributed by atoms with Gasteiger partial charge >= 0.3 is 12.0 Å². The van der Waals surface area contributed by atoms with E-state index in [-0.39, 0.29) is 12.5 Å². The van der Waals surface area contributed by atoms with Crippen LogP contribution in [0.25, 0.3) is 11.3 Å². The summed E-state index contributed by atoms with van der Waals surface area (Å²) in [5.41, 5.74) is 2.36. The molecule has 2 amide bonds. The Bertz CT molecular complexity index is 809. The average Bonchev–Trinajstić information content (AvgIpc) is 3.20. The SMILES string of the molecule is CCCCCNC(=O)N(C)c1cccc(-c2csc(C(CC(=O)O)OCC)n2)c1. The van der Waals surface area contributed by atoms with E-state index < -0.39 is 12.1 Å². The van der Waals surface area contributed by atoms with Gasteiger partial charge in [0.2, 0.25) is 0 Å². The van der Waals surface area contributed by atoms with Crippen LogP contribution in [0.15, 0.2) is 29.6 Å². The molecule has 2 rings (SSSR count). The fourth-order valence-electron chi connectivity index (χ4n) is 2.83. The molecule has 0 aliphatic heterocycles. The molecule has 0 saturated heterocycles. The monoisotopic (exact) mass is 419 g/mol. The van der Waals surface area contributed by atoms with Gasteiger partial charge in [0.15, 0.2) is 0 Å². The van der Waals surface area contributed by atoms with Crippen LogP contribution < -0.4 is 10.2 Å². The molecule has 2 N–H and O–H groups in total. The van der Waals surface area contributed by atoms with Crippen LogP contribution in [0, 0.1) is 0 Å². The first-order valence-electron chi connectivity index (χ1n) is 9.87. The number of nitrogens with one attached hydrogen (secondary N) is 1. The first kappa shape index (κ1) is 22.8. The Morgan fingerprint density at radius 2 is 2.10 bits per heavy atom. The molecule has 1 aromatic heterocycles. The van der Waals surface area contributed by atoms with E-state index in [1.54, 1.807) is 11.9 Å². The lowest BCUT2D eigenvalue weighted by Gasteiger charge is -2.18. The summed E-state index contributed by atoms with van der Waals surface area (Å²) in [6, 6.07) is 7.42. The highest BCUT2D eigenvalue weighted by atomic mass is 32.1. The number of anilines is 1. The van der Waals surface area contributed by atoms with Crippen molar-refractivity contribution in [2.45, 2.75) is 45.6 Å². The van der Waals surface area contributed by atoms with Crippen LogP contribution in [-0.2, 0) is 9.53 Å². The first-order valence-corrected chi connectivity index (χ1v) is 10.7. The minimum atomic E-state index is -0.922. The van der Waals surface area contributed by atoms with Gasteiger partial charge in [0.05, 0.1) is 12.1 Å². The van der Waals surface area contributed by atoms with E-state index in [0.717, 1.165) is 36.2 Å². The van der Waals surface area contributed by atoms with E-state index in [1.165, 1.54) is 11.3 Å². The Hall–Kier alpha value is -2.45. The Labute approximate surface area is 175 Å². The molecule has 1 heterocycles. The standard InChI is InChI=1S/C21H29N3O4S/c1-4-6-7-11-22-21(27)24(3)16-10-8-9-15(12-16)17-14-29-20(23-17)18(28-5-2)13-19(25)26/h8-10,12,14,18H,4-7,11,13H2,1-3H3,(H,22,27)(H,25,26). The molecule has 0 aliphatic carbocycles. The van der Waals surface area contributed by atoms with Gasteiger partial charge in [0.25, 0.3) is 0 Å². The number of urea groups is 1. The van der Waals surface area contributed by atoms with E-state index in [9.17, 15) is 9.59 Å². The maximum atomic E-state index is 12.4. The Morgan fingerprint density at radius 1 is 1.31 bits per heavy atom. The van der Waals surface area contributed by atoms with Crippen LogP contribution in [0.4, 0.5) is 10.5 Å². The Kier molecular flexibility index (Phi) is 9.08. The van der Waals surface area contributed by atoms with Gasteiger partial charge in [0.1, 0.15) is 11.1 Å². The predicted octanol–water partition coefficient (Wildman–Crippen LogP) is 4.70. The molecule has 7 nitrogen and oxygen atoms in total. The number of carboxylic acids is 1. The minimum absolute atomic E-state index is 0.123. The molecule has 29 heavy (non-hydrogen) atoms. The number of aliphatic carboxylic acids is 1. The zero-order valence-electron chi connectivity index (χ0n) is 17.2. The topological polar surface area (TPSA) is 91.8 Å². The molecule has 1 aromatic carbocycles. The number of rotatable bonds is 11. The maximum Gasteiger partial charge on any atom is 0.321 e. The largest absolute Gasteiger partial charge is 0.481 e. The zero-order valence-corrected chi connectivity index (χ0v) is 18.0. The second-order valence-corrected chi connectivity index (χ2v) is 7.55. The quantitative estimate of drug-likeness (QED) is 0.515. The van der Waals surface area contributed by atoms with E-state index in [2.05, 4.69) is 17.2 Å². The summed E-state index contributed by atoms with van der Waals surface area (Å²) in [5.74, 6) is -0.922. The molecule has 1 atom stereocenters. The van der Waals surface area contributed by atoms with E-state index >= 15 is 0 Å². The summed E-state index contributed by atoms with van der Waals surface area (Å²) in [6.07, 6.45) is 2.49. The van der Waals surface area contributed by atoms with Crippen molar-refractivity contribution in [3.8, 4) is 11.3 Å². The summed E-state index contributed by atoms with van der Waals surface area (Å²) < 4.78 is 5.54. The number of hydrogen-bond acceptors (Lipinski definition) is 5. The van der Waals surface area contributed by atoms with Crippen molar-refractivity contribution in [1.29, 1.82) is 0 Å². The fourth-order valence-corrected chi connectivity index (χ4v) is 3.70. The number of nitrogens with zero attached hydrogens (tertiary/aromatic N) is 2. The summed E-state index contributed by atoms with van der Waals surface area (Å²) >= 11 is 1.38. The third kappa shape index (κ3) is 6.83. The van der Waals surface area contributed by atoms with Crippen molar-refractivity contribution in [2.24, 2.45) is 0 Å². The number of aromatic nitrogens is 1. The third-order valence-corrected chi connectivity index (χ3v) is 5.35. The van der Waals surface area contributed by atoms with Gasteiger partial charge in [-0.2, -0.15) is 0 Å². The molecule has 0 aliphatic rings. The van der Waals surface area contributed by atoms with Gasteiger partial charge in [-0.1, -0.05) is 31.9 Å². The Morgan fingerprint density at radius 3 is 2.79 bits per heavy atom. The van der Waals surface area contributed by atoms with Gasteiger partial charge in [-0.05, 0) is 25.5 Å². The van der Waals surface area contributed by atoms with E-state index in [4.69, 9.17) is 9.84 Å². The summed E-state index contributed by atoms with van der Waals surface area (Å²) in [7, 11) is 1.73. The van der Waals surface area contributed by atoms with Crippen molar-refractivity contribution < 1.29 is 19.4 Å². The van der Waals surface area contributed by atoms with Crippen LogP contribution in [-0.4, -0.2) is 42.3 Å². The van der Waals surface area contributed by atoms with E-state index in [1.807, 2.05) is 36.6 Å². The number of thiazole rings is 1. The molecular weight excluding hydrogens is 390 g/mol. The number of benzene rings is 1. The van der Waals surface area contributed by atoms with Crippen LogP contribution in [0.1, 0.15) is 50.6 Å². The van der Waals surface area contributed by atoms with Gasteiger partial charge in [-0.3, -0.25) is 9.69 Å². The molecule has 1 unspecified atom stereocenters. The number of carboxylic acid groups (broad SMARTS) is 1. The van der Waals surface area contributed by atoms with Crippen LogP contribution in [0.3, 0.4) is 0 Å². The molecule has 0 saturated carbocycles. The lowest BCUT2D eigenvalue weighted by Crippen LogP contribution is -2.37. The molecule has 0 radical (unpaired) electrons. The number of carbonyl (C=O) groups is 2. The number of unbranched alkanes of at least 4 members (excludes halogenated alkanes) is 2. The molecule has 0 spiro atoms. The zero-order chi connectivity index (χ0) is 21.2. The third-order valence-electron chi connectivity index (χ3n) is 4.42. The molecular formula is C21H29N3O4S. The molecule has 2 aromatic rings. The highest BCUT2D eigenvalue weighted by molar-refractivity contribution is 7.10. The smallest absolute Gasteiger partial charge is 0.321 e. The van der Waals surface area contributed by atoms with Crippen LogP contribution in [0.5, 0.6) is 0 Å². The number of ether oxygens (including phenoxy) is 1. The average molecular weight is 420 g/mol. The van der Waals surface area contributed by atoms with Crippen molar-refractivity contribution in [3.63, 3.8) is 0 Å². The normalized spacial score (nSPS) is 11.8. The number of amides is 2. The second kappa shape index (κ2) is 11.5. The van der Waals surface area contributed by atoms with Crippen LogP contribution >= 0.6 is 11.3 Å². The molecule has 8 heteroatoms. The fraction of sp³-hybridized carbons (Fsp3) is 0.476. The van der Waals surface area contributed by atoms with Crippen molar-refractivity contribution >= 4 is 29.0 Å². The molecule has 0 fully saturated rings. The second-order valence-electron chi connectivity index (χ2n) is 6.66. The lowest BCUT2D eigenvalue weighted by molar-refractivity contribution is -0.140. The summed E-state index contributed by atoms with van der Waals surface area (Å²) in [5, 5.41) is 14.5. The number of hydrogen-bond donors (Lipinski definition) is 2. The van der Waals surface area contributed by atoms with Gasteiger partial charge in [-0.25, -0.2) is 9.78 Å². The van der Waals surface area contributed by atoms with Gasteiger partial charge < -0.3 is 15.2 Å². The molecule has 158 valence electrons. The van der Waals surface area contributed by atoms with E-state index in [0.29, 0.717) is 18.2 Å². The Balaban J connectivity index is 2.11. The van der Waals surface area contributed by atoms with Gasteiger partial charge in [0, 0.05) is 36.8 Å².